The highest BCUT2D eigenvalue weighted by atomic mass is 16.6. The molecule has 0 aliphatic carbocycles. The van der Waals surface area contributed by atoms with Crippen molar-refractivity contribution < 1.29 is 19.4 Å². The van der Waals surface area contributed by atoms with E-state index in [1.54, 1.807) is 24.3 Å². The summed E-state index contributed by atoms with van der Waals surface area (Å²) in [4.78, 5) is 23.3. The lowest BCUT2D eigenvalue weighted by molar-refractivity contribution is 0.0963. The maximum absolute atomic E-state index is 11.4. The Hall–Kier alpha value is -1.88. The number of rotatable bonds is 3. The summed E-state index contributed by atoms with van der Waals surface area (Å²) in [6, 6.07) is 6.60. The summed E-state index contributed by atoms with van der Waals surface area (Å²) < 4.78 is 4.90. The van der Waals surface area contributed by atoms with Crippen molar-refractivity contribution in [1.82, 2.24) is 0 Å². The molecular weight excluding hydrogens is 210 g/mol. The number of ether oxygens (including phenoxy) is 1. The van der Waals surface area contributed by atoms with E-state index in [2.05, 4.69) is 0 Å². The molecule has 1 N–H and O–H groups in total. The van der Waals surface area contributed by atoms with Gasteiger partial charge in [-0.25, -0.2) is 4.79 Å². The second-order valence-electron chi connectivity index (χ2n) is 3.51. The van der Waals surface area contributed by atoms with Crippen molar-refractivity contribution in [2.75, 3.05) is 18.1 Å². The van der Waals surface area contributed by atoms with E-state index in [9.17, 15) is 9.59 Å². The van der Waals surface area contributed by atoms with Gasteiger partial charge in [0.15, 0.2) is 0 Å². The zero-order valence-electron chi connectivity index (χ0n) is 8.50. The van der Waals surface area contributed by atoms with E-state index in [1.807, 2.05) is 0 Å². The topological polar surface area (TPSA) is 66.8 Å². The third-order valence-corrected chi connectivity index (χ3v) is 2.42. The predicted octanol–water partition coefficient (Wildman–Crippen LogP) is 0.817. The zero-order valence-corrected chi connectivity index (χ0v) is 8.50. The summed E-state index contributed by atoms with van der Waals surface area (Å²) in [5.41, 5.74) is 1.21. The molecule has 1 heterocycles. The summed E-state index contributed by atoms with van der Waals surface area (Å²) in [6.45, 7) is 0.143. The Morgan fingerprint density at radius 2 is 2.12 bits per heavy atom. The van der Waals surface area contributed by atoms with Gasteiger partial charge >= 0.3 is 6.09 Å². The summed E-state index contributed by atoms with van der Waals surface area (Å²) in [6.07, 6.45) is -0.209. The van der Waals surface area contributed by atoms with Gasteiger partial charge in [0.1, 0.15) is 12.4 Å². The standard InChI is InChI=1S/C11H11NO4/c13-6-8-1-3-9(4-2-8)12-5-10(7-14)16-11(12)15/h1-4,6,10,14H,5,7H2. The van der Waals surface area contributed by atoms with Crippen LogP contribution in [0.25, 0.3) is 0 Å². The number of anilines is 1. The van der Waals surface area contributed by atoms with Gasteiger partial charge in [0.25, 0.3) is 0 Å². The summed E-state index contributed by atoms with van der Waals surface area (Å²) >= 11 is 0. The van der Waals surface area contributed by atoms with Crippen molar-refractivity contribution in [1.29, 1.82) is 0 Å². The molecule has 1 unspecified atom stereocenters. The number of aliphatic hydroxyl groups is 1. The Morgan fingerprint density at radius 1 is 1.44 bits per heavy atom. The van der Waals surface area contributed by atoms with Gasteiger partial charge in [-0.1, -0.05) is 0 Å². The molecule has 1 aromatic carbocycles. The molecule has 84 valence electrons. The molecule has 0 bridgehead atoms. The van der Waals surface area contributed by atoms with E-state index in [1.165, 1.54) is 4.90 Å². The minimum absolute atomic E-state index is 0.186. The minimum Gasteiger partial charge on any atom is -0.441 e. The van der Waals surface area contributed by atoms with Crippen LogP contribution in [0.2, 0.25) is 0 Å². The highest BCUT2D eigenvalue weighted by molar-refractivity contribution is 5.90. The molecule has 1 saturated heterocycles. The van der Waals surface area contributed by atoms with E-state index in [0.29, 0.717) is 17.8 Å². The fourth-order valence-electron chi connectivity index (χ4n) is 1.56. The van der Waals surface area contributed by atoms with Gasteiger partial charge in [-0.05, 0) is 24.3 Å². The maximum atomic E-state index is 11.4. The number of hydrogen-bond donors (Lipinski definition) is 1. The average Bonchev–Trinajstić information content (AvgIpc) is 2.71. The first-order chi connectivity index (χ1) is 7.74. The molecule has 0 radical (unpaired) electrons. The van der Waals surface area contributed by atoms with Crippen LogP contribution in [-0.2, 0) is 4.74 Å². The third-order valence-electron chi connectivity index (χ3n) is 2.42. The predicted molar refractivity (Wildman–Crippen MR) is 56.5 cm³/mol. The highest BCUT2D eigenvalue weighted by Crippen LogP contribution is 2.21. The monoisotopic (exact) mass is 221 g/mol. The van der Waals surface area contributed by atoms with Crippen molar-refractivity contribution in [3.05, 3.63) is 29.8 Å². The Balaban J connectivity index is 2.18. The highest BCUT2D eigenvalue weighted by Gasteiger charge is 2.31. The summed E-state index contributed by atoms with van der Waals surface area (Å²) in [5.74, 6) is 0. The van der Waals surface area contributed by atoms with Gasteiger partial charge < -0.3 is 9.84 Å². The molecular formula is C11H11NO4. The number of cyclic esters (lactones) is 1. The Kier molecular flexibility index (Phi) is 2.87. The van der Waals surface area contributed by atoms with Gasteiger partial charge in [0, 0.05) is 11.3 Å². The molecule has 1 aromatic rings. The van der Waals surface area contributed by atoms with Crippen LogP contribution in [0, 0.1) is 0 Å². The van der Waals surface area contributed by atoms with Crippen LogP contribution in [0.5, 0.6) is 0 Å². The van der Waals surface area contributed by atoms with Crippen LogP contribution in [0.4, 0.5) is 10.5 Å². The number of aldehydes is 1. The van der Waals surface area contributed by atoms with Gasteiger partial charge in [-0.15, -0.1) is 0 Å². The van der Waals surface area contributed by atoms with Crippen molar-refractivity contribution >= 4 is 18.1 Å². The second kappa shape index (κ2) is 4.32. The first kappa shape index (κ1) is 10.6. The van der Waals surface area contributed by atoms with Crippen molar-refractivity contribution in [2.24, 2.45) is 0 Å². The fourth-order valence-corrected chi connectivity index (χ4v) is 1.56. The third kappa shape index (κ3) is 1.90. The van der Waals surface area contributed by atoms with Crippen LogP contribution < -0.4 is 4.90 Å². The Bertz CT molecular complexity index is 401. The van der Waals surface area contributed by atoms with Gasteiger partial charge in [-0.3, -0.25) is 9.69 Å². The van der Waals surface area contributed by atoms with Crippen LogP contribution in [0.1, 0.15) is 10.4 Å². The van der Waals surface area contributed by atoms with Crippen molar-refractivity contribution in [3.63, 3.8) is 0 Å². The number of aliphatic hydroxyl groups excluding tert-OH is 1. The molecule has 2 rings (SSSR count). The SMILES string of the molecule is O=Cc1ccc(N2CC(CO)OC2=O)cc1. The van der Waals surface area contributed by atoms with Gasteiger partial charge in [0.2, 0.25) is 0 Å². The van der Waals surface area contributed by atoms with Crippen molar-refractivity contribution in [2.45, 2.75) is 6.10 Å². The van der Waals surface area contributed by atoms with E-state index >= 15 is 0 Å². The molecule has 1 aliphatic heterocycles. The number of nitrogens with zero attached hydrogens (tertiary/aromatic N) is 1. The lowest BCUT2D eigenvalue weighted by Gasteiger charge is -2.12. The number of carbonyl (C=O) groups excluding carboxylic acids is 2. The van der Waals surface area contributed by atoms with Crippen LogP contribution >= 0.6 is 0 Å². The first-order valence-corrected chi connectivity index (χ1v) is 4.89. The number of hydrogen-bond acceptors (Lipinski definition) is 4. The quantitative estimate of drug-likeness (QED) is 0.767. The summed E-state index contributed by atoms with van der Waals surface area (Å²) in [7, 11) is 0. The fraction of sp³-hybridized carbons (Fsp3) is 0.273. The molecule has 0 aromatic heterocycles. The van der Waals surface area contributed by atoms with Gasteiger partial charge in [0.05, 0.1) is 13.2 Å². The first-order valence-electron chi connectivity index (χ1n) is 4.89. The molecule has 16 heavy (non-hydrogen) atoms. The number of carbonyl (C=O) groups is 2. The molecule has 1 aliphatic rings. The molecule has 0 saturated carbocycles. The largest absolute Gasteiger partial charge is 0.441 e. The Morgan fingerprint density at radius 3 is 2.62 bits per heavy atom. The molecule has 1 atom stereocenters. The van der Waals surface area contributed by atoms with E-state index in [4.69, 9.17) is 9.84 Å². The van der Waals surface area contributed by atoms with Crippen LogP contribution in [-0.4, -0.2) is 36.7 Å². The normalized spacial score (nSPS) is 19.7. The lowest BCUT2D eigenvalue weighted by atomic mass is 10.2. The van der Waals surface area contributed by atoms with Crippen molar-refractivity contribution in [3.8, 4) is 0 Å². The summed E-state index contributed by atoms with van der Waals surface area (Å²) in [5, 5.41) is 8.88. The number of amides is 1. The lowest BCUT2D eigenvalue weighted by Crippen LogP contribution is -2.25. The molecule has 5 heteroatoms. The van der Waals surface area contributed by atoms with E-state index in [-0.39, 0.29) is 6.61 Å². The number of benzene rings is 1. The molecule has 0 spiro atoms. The average molecular weight is 221 g/mol. The van der Waals surface area contributed by atoms with Crippen LogP contribution in [0.15, 0.2) is 24.3 Å². The molecule has 1 fully saturated rings. The minimum atomic E-state index is -0.474. The maximum Gasteiger partial charge on any atom is 0.414 e. The van der Waals surface area contributed by atoms with E-state index < -0.39 is 12.2 Å². The zero-order chi connectivity index (χ0) is 11.5. The second-order valence-corrected chi connectivity index (χ2v) is 3.51. The smallest absolute Gasteiger partial charge is 0.414 e. The molecule has 1 amide bonds. The van der Waals surface area contributed by atoms with E-state index in [0.717, 1.165) is 6.29 Å². The van der Waals surface area contributed by atoms with Crippen LogP contribution in [0.3, 0.4) is 0 Å². The molecule has 5 nitrogen and oxygen atoms in total. The Labute approximate surface area is 92.2 Å². The van der Waals surface area contributed by atoms with Gasteiger partial charge in [-0.2, -0.15) is 0 Å².